The van der Waals surface area contributed by atoms with Gasteiger partial charge in [-0.15, -0.1) is 0 Å². The van der Waals surface area contributed by atoms with Crippen LogP contribution in [0.3, 0.4) is 0 Å². The Morgan fingerprint density at radius 1 is 0.279 bits per heavy atom. The highest BCUT2D eigenvalue weighted by Gasteiger charge is 2.46. The predicted octanol–water partition coefficient (Wildman–Crippen LogP) is 13.6. The molecule has 2 heterocycles. The van der Waals surface area contributed by atoms with Gasteiger partial charge in [0.15, 0.2) is 17.5 Å². The summed E-state index contributed by atoms with van der Waals surface area (Å²) in [5, 5.41) is 0. The number of pyridine rings is 1. The van der Waals surface area contributed by atoms with E-state index in [2.05, 4.69) is 181 Å². The van der Waals surface area contributed by atoms with Crippen LogP contribution in [0.15, 0.2) is 231 Å². The van der Waals surface area contributed by atoms with Crippen LogP contribution in [-0.2, 0) is 5.41 Å². The molecular weight excluding hydrogens is 741 g/mol. The summed E-state index contributed by atoms with van der Waals surface area (Å²) < 4.78 is 0. The van der Waals surface area contributed by atoms with Gasteiger partial charge in [0.2, 0.25) is 0 Å². The maximum absolute atomic E-state index is 5.08. The van der Waals surface area contributed by atoms with Crippen LogP contribution < -0.4 is 0 Å². The zero-order chi connectivity index (χ0) is 40.6. The lowest BCUT2D eigenvalue weighted by Crippen LogP contribution is -2.28. The molecule has 0 radical (unpaired) electrons. The van der Waals surface area contributed by atoms with E-state index < -0.39 is 5.41 Å². The molecule has 10 aromatic rings. The highest BCUT2D eigenvalue weighted by atomic mass is 15.0. The number of aromatic nitrogens is 4. The van der Waals surface area contributed by atoms with Crippen LogP contribution in [-0.4, -0.2) is 19.9 Å². The topological polar surface area (TPSA) is 51.6 Å². The average molecular weight is 779 g/mol. The third-order valence-corrected chi connectivity index (χ3v) is 11.9. The van der Waals surface area contributed by atoms with Gasteiger partial charge in [0, 0.05) is 28.5 Å². The number of fused-ring (bicyclic) bond motifs is 3. The quantitative estimate of drug-likeness (QED) is 0.154. The predicted molar refractivity (Wildman–Crippen MR) is 248 cm³/mol. The lowest BCUT2D eigenvalue weighted by Gasteiger charge is -2.34. The molecule has 0 saturated carbocycles. The van der Waals surface area contributed by atoms with Crippen LogP contribution in [0.5, 0.6) is 0 Å². The second-order valence-corrected chi connectivity index (χ2v) is 15.4. The lowest BCUT2D eigenvalue weighted by molar-refractivity contribution is 0.769. The molecule has 1 aliphatic rings. The van der Waals surface area contributed by atoms with Crippen molar-refractivity contribution >= 4 is 0 Å². The number of benzene rings is 8. The van der Waals surface area contributed by atoms with Gasteiger partial charge in [-0.05, 0) is 86.0 Å². The Labute approximate surface area is 355 Å². The van der Waals surface area contributed by atoms with Gasteiger partial charge in [0.05, 0.1) is 11.1 Å². The minimum atomic E-state index is -0.459. The molecule has 0 amide bonds. The van der Waals surface area contributed by atoms with E-state index in [0.29, 0.717) is 17.5 Å². The molecule has 286 valence electrons. The first kappa shape index (κ1) is 36.0. The Kier molecular flexibility index (Phi) is 9.02. The molecule has 11 rings (SSSR count). The molecule has 0 bridgehead atoms. The molecule has 4 heteroatoms. The highest BCUT2D eigenvalue weighted by Crippen LogP contribution is 2.56. The molecule has 1 aliphatic carbocycles. The maximum atomic E-state index is 5.08. The van der Waals surface area contributed by atoms with Crippen molar-refractivity contribution < 1.29 is 0 Å². The van der Waals surface area contributed by atoms with Gasteiger partial charge in [-0.25, -0.2) is 15.0 Å². The smallest absolute Gasteiger partial charge is 0.164 e. The molecule has 0 saturated heterocycles. The van der Waals surface area contributed by atoms with E-state index in [1.807, 2.05) is 54.7 Å². The van der Waals surface area contributed by atoms with E-state index in [1.54, 1.807) is 0 Å². The summed E-state index contributed by atoms with van der Waals surface area (Å²) in [6, 6.07) is 79.5. The minimum absolute atomic E-state index is 0.459. The highest BCUT2D eigenvalue weighted by molar-refractivity contribution is 5.89. The van der Waals surface area contributed by atoms with Crippen molar-refractivity contribution in [3.05, 3.63) is 253 Å². The van der Waals surface area contributed by atoms with Gasteiger partial charge in [0.25, 0.3) is 0 Å². The van der Waals surface area contributed by atoms with Crippen LogP contribution in [0.25, 0.3) is 78.8 Å². The van der Waals surface area contributed by atoms with Crippen molar-refractivity contribution in [1.29, 1.82) is 0 Å². The molecule has 0 atom stereocenters. The lowest BCUT2D eigenvalue weighted by atomic mass is 9.67. The van der Waals surface area contributed by atoms with E-state index >= 15 is 0 Å². The normalized spacial score (nSPS) is 12.4. The summed E-state index contributed by atoms with van der Waals surface area (Å²) in [7, 11) is 0. The Bertz CT molecular complexity index is 3130. The number of hydrogen-bond acceptors (Lipinski definition) is 4. The Balaban J connectivity index is 0.992. The van der Waals surface area contributed by atoms with Crippen LogP contribution in [0.2, 0.25) is 0 Å². The number of nitrogens with zero attached hydrogens (tertiary/aromatic N) is 4. The fourth-order valence-corrected chi connectivity index (χ4v) is 9.01. The van der Waals surface area contributed by atoms with Crippen LogP contribution in [0.1, 0.15) is 22.3 Å². The molecule has 2 aromatic heterocycles. The van der Waals surface area contributed by atoms with Crippen molar-refractivity contribution in [2.24, 2.45) is 0 Å². The monoisotopic (exact) mass is 778 g/mol. The van der Waals surface area contributed by atoms with Crippen LogP contribution in [0, 0.1) is 0 Å². The van der Waals surface area contributed by atoms with Gasteiger partial charge in [-0.3, -0.25) is 4.98 Å². The first-order valence-electron chi connectivity index (χ1n) is 20.6. The third kappa shape index (κ3) is 6.42. The zero-order valence-electron chi connectivity index (χ0n) is 33.2. The zero-order valence-corrected chi connectivity index (χ0v) is 33.2. The molecule has 0 N–H and O–H groups in total. The summed E-state index contributed by atoms with van der Waals surface area (Å²) in [6.07, 6.45) is 1.81. The second-order valence-electron chi connectivity index (χ2n) is 15.4. The third-order valence-electron chi connectivity index (χ3n) is 11.9. The Hall–Kier alpha value is -8.08. The summed E-state index contributed by atoms with van der Waals surface area (Å²) in [5.41, 5.74) is 16.4. The largest absolute Gasteiger partial charge is 0.256 e. The summed E-state index contributed by atoms with van der Waals surface area (Å²) >= 11 is 0. The van der Waals surface area contributed by atoms with Crippen molar-refractivity contribution in [2.75, 3.05) is 0 Å². The Morgan fingerprint density at radius 2 is 0.721 bits per heavy atom. The van der Waals surface area contributed by atoms with Crippen molar-refractivity contribution in [1.82, 2.24) is 19.9 Å². The van der Waals surface area contributed by atoms with Crippen LogP contribution >= 0.6 is 0 Å². The van der Waals surface area contributed by atoms with E-state index in [4.69, 9.17) is 15.0 Å². The first-order chi connectivity index (χ1) is 30.2. The molecule has 61 heavy (non-hydrogen) atoms. The second kappa shape index (κ2) is 15.3. The molecule has 8 aromatic carbocycles. The van der Waals surface area contributed by atoms with Gasteiger partial charge in [-0.2, -0.15) is 0 Å². The molecule has 4 nitrogen and oxygen atoms in total. The van der Waals surface area contributed by atoms with Crippen molar-refractivity contribution in [3.8, 4) is 78.8 Å². The van der Waals surface area contributed by atoms with E-state index in [-0.39, 0.29) is 0 Å². The fourth-order valence-electron chi connectivity index (χ4n) is 9.01. The van der Waals surface area contributed by atoms with Gasteiger partial charge in [0.1, 0.15) is 0 Å². The molecular formula is C57H38N4. The average Bonchev–Trinajstić information content (AvgIpc) is 3.65. The standard InChI is InChI=1S/C57H38N4/c1-4-16-40(17-5-1)54-59-55(41-31-29-39(30-32-41)53-28-12-13-35-58-53)61-56(60-54)46-21-15-20-44(37-46)42-18-14-19-43(36-42)45-33-34-50-49-26-10-11-27-51(49)57(52(50)38-45,47-22-6-2-7-23-47)48-24-8-3-9-25-48/h1-38H. The molecule has 0 aliphatic heterocycles. The van der Waals surface area contributed by atoms with Crippen molar-refractivity contribution in [2.45, 2.75) is 5.41 Å². The van der Waals surface area contributed by atoms with E-state index in [9.17, 15) is 0 Å². The number of rotatable bonds is 8. The summed E-state index contributed by atoms with van der Waals surface area (Å²) in [4.78, 5) is 19.6. The van der Waals surface area contributed by atoms with E-state index in [0.717, 1.165) is 44.6 Å². The van der Waals surface area contributed by atoms with Gasteiger partial charge in [-0.1, -0.05) is 194 Å². The van der Waals surface area contributed by atoms with Gasteiger partial charge >= 0.3 is 0 Å². The fraction of sp³-hybridized carbons (Fsp3) is 0.0175. The first-order valence-corrected chi connectivity index (χ1v) is 20.6. The Morgan fingerprint density at radius 3 is 1.34 bits per heavy atom. The summed E-state index contributed by atoms with van der Waals surface area (Å²) in [5.74, 6) is 1.86. The minimum Gasteiger partial charge on any atom is -0.256 e. The maximum Gasteiger partial charge on any atom is 0.164 e. The number of hydrogen-bond donors (Lipinski definition) is 0. The molecule has 0 fully saturated rings. The molecule has 0 unspecified atom stereocenters. The van der Waals surface area contributed by atoms with Crippen LogP contribution in [0.4, 0.5) is 0 Å². The molecule has 0 spiro atoms. The van der Waals surface area contributed by atoms with E-state index in [1.165, 1.54) is 38.9 Å². The SMILES string of the molecule is c1ccc(-c2nc(-c3ccc(-c4ccccn4)cc3)nc(-c3cccc(-c4cccc(-c5ccc6c(c5)C(c5ccccc5)(c5ccccc5)c5ccccc5-6)c4)c3)n2)cc1. The summed E-state index contributed by atoms with van der Waals surface area (Å²) in [6.45, 7) is 0. The van der Waals surface area contributed by atoms with Gasteiger partial charge < -0.3 is 0 Å². The van der Waals surface area contributed by atoms with Crippen molar-refractivity contribution in [3.63, 3.8) is 0 Å².